The highest BCUT2D eigenvalue weighted by atomic mass is 32.1. The average molecular weight is 293 g/mol. The molecule has 1 heterocycles. The number of hydrogen-bond donors (Lipinski definition) is 2. The molecule has 2 aliphatic rings. The lowest BCUT2D eigenvalue weighted by molar-refractivity contribution is -0.121. The van der Waals surface area contributed by atoms with Crippen molar-refractivity contribution in [2.24, 2.45) is 23.5 Å². The van der Waals surface area contributed by atoms with Gasteiger partial charge in [0.05, 0.1) is 11.6 Å². The van der Waals surface area contributed by atoms with Gasteiger partial charge in [0.1, 0.15) is 0 Å². The summed E-state index contributed by atoms with van der Waals surface area (Å²) in [4.78, 5) is 17.0. The highest BCUT2D eigenvalue weighted by Crippen LogP contribution is 2.48. The Labute approximate surface area is 124 Å². The normalized spacial score (nSPS) is 32.6. The van der Waals surface area contributed by atoms with Crippen molar-refractivity contribution >= 4 is 22.4 Å². The fourth-order valence-corrected chi connectivity index (χ4v) is 4.53. The second-order valence-corrected chi connectivity index (χ2v) is 8.07. The molecule has 0 radical (unpaired) electrons. The van der Waals surface area contributed by atoms with E-state index in [1.54, 1.807) is 0 Å². The second kappa shape index (κ2) is 4.81. The van der Waals surface area contributed by atoms with Crippen LogP contribution in [-0.4, -0.2) is 16.9 Å². The molecule has 2 fully saturated rings. The number of hydrogen-bond acceptors (Lipinski definition) is 4. The van der Waals surface area contributed by atoms with E-state index in [0.29, 0.717) is 17.0 Å². The number of thiazole rings is 1. The highest BCUT2D eigenvalue weighted by molar-refractivity contribution is 7.13. The van der Waals surface area contributed by atoms with Crippen molar-refractivity contribution in [1.82, 2.24) is 4.98 Å². The van der Waals surface area contributed by atoms with Crippen molar-refractivity contribution in [2.45, 2.75) is 51.5 Å². The van der Waals surface area contributed by atoms with Gasteiger partial charge in [-0.2, -0.15) is 0 Å². The lowest BCUT2D eigenvalue weighted by Gasteiger charge is -2.26. The zero-order valence-corrected chi connectivity index (χ0v) is 13.2. The summed E-state index contributed by atoms with van der Waals surface area (Å²) in [6.07, 6.45) is 3.48. The van der Waals surface area contributed by atoms with Gasteiger partial charge >= 0.3 is 0 Å². The summed E-state index contributed by atoms with van der Waals surface area (Å²) in [5.74, 6) is 1.09. The molecule has 1 amide bonds. The smallest absolute Gasteiger partial charge is 0.231 e. The van der Waals surface area contributed by atoms with Crippen LogP contribution in [0.25, 0.3) is 0 Å². The van der Waals surface area contributed by atoms with Crippen LogP contribution in [0.5, 0.6) is 0 Å². The van der Waals surface area contributed by atoms with Gasteiger partial charge in [0.2, 0.25) is 5.91 Å². The number of amides is 1. The van der Waals surface area contributed by atoms with Gasteiger partial charge in [-0.25, -0.2) is 4.98 Å². The van der Waals surface area contributed by atoms with E-state index in [1.165, 1.54) is 17.8 Å². The minimum atomic E-state index is -0.0178. The van der Waals surface area contributed by atoms with Crippen LogP contribution in [0.1, 0.15) is 45.7 Å². The molecule has 4 atom stereocenters. The first-order chi connectivity index (χ1) is 9.36. The summed E-state index contributed by atoms with van der Waals surface area (Å²) in [5, 5.41) is 5.71. The standard InChI is InChI=1S/C15H23N3OS/c1-15(2,3)10-7-20-14(17-10)18-13(19)11-8-4-5-9(6-8)12(11)16/h7-9,11-12H,4-6,16H2,1-3H3,(H,17,18,19). The third kappa shape index (κ3) is 2.37. The first-order valence-corrected chi connectivity index (χ1v) is 8.26. The highest BCUT2D eigenvalue weighted by Gasteiger charge is 2.49. The molecule has 5 heteroatoms. The Kier molecular flexibility index (Phi) is 3.37. The molecule has 0 aliphatic heterocycles. The zero-order chi connectivity index (χ0) is 14.5. The number of aromatic nitrogens is 1. The van der Waals surface area contributed by atoms with Gasteiger partial charge in [0, 0.05) is 16.8 Å². The van der Waals surface area contributed by atoms with Crippen LogP contribution in [0.4, 0.5) is 5.13 Å². The maximum atomic E-state index is 12.4. The van der Waals surface area contributed by atoms with Gasteiger partial charge in [-0.3, -0.25) is 4.79 Å². The summed E-state index contributed by atoms with van der Waals surface area (Å²) >= 11 is 1.50. The van der Waals surface area contributed by atoms with E-state index < -0.39 is 0 Å². The van der Waals surface area contributed by atoms with Crippen LogP contribution in [0.15, 0.2) is 5.38 Å². The maximum absolute atomic E-state index is 12.4. The van der Waals surface area contributed by atoms with Crippen molar-refractivity contribution in [1.29, 1.82) is 0 Å². The van der Waals surface area contributed by atoms with E-state index in [-0.39, 0.29) is 23.3 Å². The average Bonchev–Trinajstić information content (AvgIpc) is 3.01. The molecular weight excluding hydrogens is 270 g/mol. The minimum absolute atomic E-state index is 0.0162. The van der Waals surface area contributed by atoms with Crippen molar-refractivity contribution in [3.8, 4) is 0 Å². The van der Waals surface area contributed by atoms with Gasteiger partial charge in [0.15, 0.2) is 5.13 Å². The molecule has 0 saturated heterocycles. The number of nitrogens with one attached hydrogen (secondary N) is 1. The number of fused-ring (bicyclic) bond motifs is 2. The molecule has 0 aromatic carbocycles. The molecule has 2 saturated carbocycles. The van der Waals surface area contributed by atoms with Gasteiger partial charge in [-0.15, -0.1) is 11.3 Å². The number of carbonyl (C=O) groups is 1. The van der Waals surface area contributed by atoms with E-state index in [2.05, 4.69) is 31.1 Å². The molecule has 3 N–H and O–H groups in total. The topological polar surface area (TPSA) is 68.0 Å². The predicted molar refractivity (Wildman–Crippen MR) is 81.7 cm³/mol. The van der Waals surface area contributed by atoms with Crippen LogP contribution < -0.4 is 11.1 Å². The number of carbonyl (C=O) groups excluding carboxylic acids is 1. The summed E-state index contributed by atoms with van der Waals surface area (Å²) < 4.78 is 0. The van der Waals surface area contributed by atoms with Crippen LogP contribution in [0.3, 0.4) is 0 Å². The molecule has 1 aromatic heterocycles. The fourth-order valence-electron chi connectivity index (χ4n) is 3.59. The van der Waals surface area contributed by atoms with Crippen molar-refractivity contribution in [2.75, 3.05) is 5.32 Å². The zero-order valence-electron chi connectivity index (χ0n) is 12.3. The van der Waals surface area contributed by atoms with Crippen LogP contribution >= 0.6 is 11.3 Å². The van der Waals surface area contributed by atoms with Crippen LogP contribution in [-0.2, 0) is 10.2 Å². The first-order valence-electron chi connectivity index (χ1n) is 7.38. The Bertz CT molecular complexity index is 517. The minimum Gasteiger partial charge on any atom is -0.327 e. The summed E-state index contributed by atoms with van der Waals surface area (Å²) in [6, 6.07) is 0.0378. The van der Waals surface area contributed by atoms with Gasteiger partial charge in [-0.05, 0) is 31.1 Å². The predicted octanol–water partition coefficient (Wildman–Crippen LogP) is 2.75. The van der Waals surface area contributed by atoms with Gasteiger partial charge < -0.3 is 11.1 Å². The third-order valence-electron chi connectivity index (χ3n) is 4.79. The Hall–Kier alpha value is -0.940. The maximum Gasteiger partial charge on any atom is 0.231 e. The number of nitrogens with zero attached hydrogens (tertiary/aromatic N) is 1. The second-order valence-electron chi connectivity index (χ2n) is 7.21. The van der Waals surface area contributed by atoms with E-state index in [4.69, 9.17) is 5.73 Å². The van der Waals surface area contributed by atoms with Crippen LogP contribution in [0.2, 0.25) is 0 Å². The number of anilines is 1. The van der Waals surface area contributed by atoms with Crippen LogP contribution in [0, 0.1) is 17.8 Å². The molecular formula is C15H23N3OS. The SMILES string of the molecule is CC(C)(C)c1csc(NC(=O)C2C3CCC(C3)C2N)n1. The van der Waals surface area contributed by atoms with E-state index in [1.807, 2.05) is 5.38 Å². The Balaban J connectivity index is 1.69. The molecule has 0 spiro atoms. The van der Waals surface area contributed by atoms with Crippen molar-refractivity contribution < 1.29 is 4.79 Å². The molecule has 110 valence electrons. The van der Waals surface area contributed by atoms with Gasteiger partial charge in [0.25, 0.3) is 0 Å². The van der Waals surface area contributed by atoms with Crippen molar-refractivity contribution in [3.05, 3.63) is 11.1 Å². The van der Waals surface area contributed by atoms with Gasteiger partial charge in [-0.1, -0.05) is 20.8 Å². The quantitative estimate of drug-likeness (QED) is 0.881. The summed E-state index contributed by atoms with van der Waals surface area (Å²) in [7, 11) is 0. The Morgan fingerprint density at radius 1 is 1.40 bits per heavy atom. The van der Waals surface area contributed by atoms with E-state index >= 15 is 0 Å². The summed E-state index contributed by atoms with van der Waals surface area (Å²) in [5.41, 5.74) is 7.25. The first kappa shape index (κ1) is 14.0. The lowest BCUT2D eigenvalue weighted by Crippen LogP contribution is -2.42. The molecule has 2 aliphatic carbocycles. The van der Waals surface area contributed by atoms with E-state index in [0.717, 1.165) is 18.5 Å². The molecule has 3 rings (SSSR count). The largest absolute Gasteiger partial charge is 0.327 e. The van der Waals surface area contributed by atoms with E-state index in [9.17, 15) is 4.79 Å². The Morgan fingerprint density at radius 3 is 2.65 bits per heavy atom. The van der Waals surface area contributed by atoms with Crippen molar-refractivity contribution in [3.63, 3.8) is 0 Å². The molecule has 4 nitrogen and oxygen atoms in total. The Morgan fingerprint density at radius 2 is 2.10 bits per heavy atom. The third-order valence-corrected chi connectivity index (χ3v) is 5.54. The number of rotatable bonds is 2. The monoisotopic (exact) mass is 293 g/mol. The molecule has 20 heavy (non-hydrogen) atoms. The lowest BCUT2D eigenvalue weighted by atomic mass is 9.84. The molecule has 1 aromatic rings. The summed E-state index contributed by atoms with van der Waals surface area (Å²) in [6.45, 7) is 6.37. The molecule has 4 unspecified atom stereocenters. The number of nitrogens with two attached hydrogens (primary N) is 1. The molecule has 2 bridgehead atoms. The fraction of sp³-hybridized carbons (Fsp3) is 0.733.